The smallest absolute Gasteiger partial charge is 0.312 e. The highest BCUT2D eigenvalue weighted by Gasteiger charge is 2.53. The first-order valence-corrected chi connectivity index (χ1v) is 12.6. The highest BCUT2D eigenvalue weighted by Crippen LogP contribution is 2.52. The van der Waals surface area contributed by atoms with Crippen LogP contribution < -0.4 is 0 Å². The summed E-state index contributed by atoms with van der Waals surface area (Å²) in [7, 11) is 0. The highest BCUT2D eigenvalue weighted by atomic mass is 16.6. The van der Waals surface area contributed by atoms with Gasteiger partial charge in [-0.25, -0.2) is 0 Å². The van der Waals surface area contributed by atoms with Gasteiger partial charge in [-0.05, 0) is 68.1 Å². The summed E-state index contributed by atoms with van der Waals surface area (Å²) in [5, 5.41) is 0. The minimum atomic E-state index is -0.477. The van der Waals surface area contributed by atoms with E-state index in [1.165, 1.54) is 64.2 Å². The van der Waals surface area contributed by atoms with Gasteiger partial charge in [0.15, 0.2) is 0 Å². The van der Waals surface area contributed by atoms with Gasteiger partial charge < -0.3 is 4.74 Å². The molecule has 0 amide bonds. The maximum Gasteiger partial charge on any atom is 0.312 e. The summed E-state index contributed by atoms with van der Waals surface area (Å²) < 4.78 is 6.86. The summed E-state index contributed by atoms with van der Waals surface area (Å²) in [6, 6.07) is 0. The van der Waals surface area contributed by atoms with Gasteiger partial charge in [-0.1, -0.05) is 87.0 Å². The van der Waals surface area contributed by atoms with Gasteiger partial charge in [-0.15, -0.1) is 0 Å². The molecule has 2 fully saturated rings. The second kappa shape index (κ2) is 9.31. The van der Waals surface area contributed by atoms with Crippen LogP contribution in [0, 0.1) is 28.1 Å². The zero-order valence-corrected chi connectivity index (χ0v) is 21.0. The van der Waals surface area contributed by atoms with E-state index in [9.17, 15) is 4.79 Å². The molecule has 0 aromatic carbocycles. The van der Waals surface area contributed by atoms with Crippen LogP contribution in [0.1, 0.15) is 132 Å². The van der Waals surface area contributed by atoms with Gasteiger partial charge >= 0.3 is 5.97 Å². The van der Waals surface area contributed by atoms with Crippen LogP contribution in [0.2, 0.25) is 0 Å². The standard InChI is InChI=1S/C27H50O2/c1-9-27(21-16-12-10-13-17-21,22-18-14-11-15-19-22)29-23(28)26(8,25(5,6)7)20-24(2,3)4/h21-22H,9-20H2,1-8H3. The minimum Gasteiger partial charge on any atom is -0.458 e. The van der Waals surface area contributed by atoms with Gasteiger partial charge in [0, 0.05) is 0 Å². The van der Waals surface area contributed by atoms with E-state index in [2.05, 4.69) is 55.4 Å². The lowest BCUT2D eigenvalue weighted by Gasteiger charge is -2.51. The average Bonchev–Trinajstić information content (AvgIpc) is 2.65. The van der Waals surface area contributed by atoms with Crippen LogP contribution in [0.3, 0.4) is 0 Å². The molecule has 2 aliphatic carbocycles. The number of rotatable bonds is 6. The van der Waals surface area contributed by atoms with Crippen molar-refractivity contribution in [2.75, 3.05) is 0 Å². The lowest BCUT2D eigenvalue weighted by molar-refractivity contribution is -0.201. The van der Waals surface area contributed by atoms with Gasteiger partial charge in [-0.2, -0.15) is 0 Å². The molecule has 0 aromatic heterocycles. The van der Waals surface area contributed by atoms with Crippen LogP contribution in [0.15, 0.2) is 0 Å². The molecule has 0 aromatic rings. The number of carbonyl (C=O) groups excluding carboxylic acids is 1. The minimum absolute atomic E-state index is 0.0675. The van der Waals surface area contributed by atoms with Crippen molar-refractivity contribution in [3.8, 4) is 0 Å². The maximum atomic E-state index is 14.0. The SMILES string of the molecule is CCC(OC(=O)C(C)(CC(C)(C)C)C(C)(C)C)(C1CCCCC1)C1CCCCC1. The molecule has 0 saturated heterocycles. The molecule has 0 radical (unpaired) electrons. The van der Waals surface area contributed by atoms with E-state index in [1.54, 1.807) is 0 Å². The molecular weight excluding hydrogens is 356 g/mol. The monoisotopic (exact) mass is 406 g/mol. The summed E-state index contributed by atoms with van der Waals surface area (Å²) in [4.78, 5) is 14.0. The topological polar surface area (TPSA) is 26.3 Å². The molecule has 0 bridgehead atoms. The zero-order chi connectivity index (χ0) is 21.9. The first-order valence-electron chi connectivity index (χ1n) is 12.6. The molecule has 2 rings (SSSR count). The summed E-state index contributed by atoms with van der Waals surface area (Å²) in [5.41, 5.74) is -0.765. The third kappa shape index (κ3) is 5.59. The van der Waals surface area contributed by atoms with Gasteiger partial charge in [0.1, 0.15) is 5.60 Å². The number of hydrogen-bond donors (Lipinski definition) is 0. The lowest BCUT2D eigenvalue weighted by atomic mass is 9.60. The van der Waals surface area contributed by atoms with Crippen LogP contribution in [0.4, 0.5) is 0 Å². The number of esters is 1. The molecule has 1 unspecified atom stereocenters. The Labute approximate surface area is 181 Å². The number of hydrogen-bond acceptors (Lipinski definition) is 2. The molecule has 0 spiro atoms. The predicted molar refractivity (Wildman–Crippen MR) is 124 cm³/mol. The molecule has 1 atom stereocenters. The Kier molecular flexibility index (Phi) is 7.94. The van der Waals surface area contributed by atoms with Crippen molar-refractivity contribution in [3.05, 3.63) is 0 Å². The van der Waals surface area contributed by atoms with Crippen molar-refractivity contribution in [1.29, 1.82) is 0 Å². The normalized spacial score (nSPS) is 22.9. The second-order valence-corrected chi connectivity index (χ2v) is 12.7. The largest absolute Gasteiger partial charge is 0.458 e. The second-order valence-electron chi connectivity index (χ2n) is 12.7. The van der Waals surface area contributed by atoms with Crippen molar-refractivity contribution in [2.45, 2.75) is 138 Å². The van der Waals surface area contributed by atoms with E-state index in [1.807, 2.05) is 0 Å². The number of carbonyl (C=O) groups is 1. The van der Waals surface area contributed by atoms with E-state index in [4.69, 9.17) is 4.74 Å². The fraction of sp³-hybridized carbons (Fsp3) is 0.963. The zero-order valence-electron chi connectivity index (χ0n) is 21.0. The molecule has 2 heteroatoms. The highest BCUT2D eigenvalue weighted by molar-refractivity contribution is 5.78. The third-order valence-corrected chi connectivity index (χ3v) is 8.42. The molecule has 170 valence electrons. The Bertz CT molecular complexity index is 506. The first-order chi connectivity index (χ1) is 13.4. The van der Waals surface area contributed by atoms with Crippen molar-refractivity contribution < 1.29 is 9.53 Å². The van der Waals surface area contributed by atoms with Gasteiger partial charge in [0.2, 0.25) is 0 Å². The summed E-state index contributed by atoms with van der Waals surface area (Å²) in [6.07, 6.45) is 14.7. The van der Waals surface area contributed by atoms with E-state index in [0.29, 0.717) is 11.8 Å². The van der Waals surface area contributed by atoms with Crippen molar-refractivity contribution in [2.24, 2.45) is 28.1 Å². The molecule has 29 heavy (non-hydrogen) atoms. The molecule has 2 aliphatic rings. The Morgan fingerprint density at radius 2 is 1.17 bits per heavy atom. The molecule has 0 heterocycles. The third-order valence-electron chi connectivity index (χ3n) is 8.42. The van der Waals surface area contributed by atoms with Crippen molar-refractivity contribution in [3.63, 3.8) is 0 Å². The van der Waals surface area contributed by atoms with Crippen LogP contribution in [-0.2, 0) is 9.53 Å². The Balaban J connectivity index is 2.40. The molecule has 0 aliphatic heterocycles. The summed E-state index contributed by atoms with van der Waals surface area (Å²) in [6.45, 7) is 17.9. The van der Waals surface area contributed by atoms with Crippen LogP contribution in [-0.4, -0.2) is 11.6 Å². The van der Waals surface area contributed by atoms with E-state index < -0.39 is 5.41 Å². The molecule has 2 saturated carbocycles. The van der Waals surface area contributed by atoms with E-state index in [-0.39, 0.29) is 22.4 Å². The van der Waals surface area contributed by atoms with Crippen molar-refractivity contribution in [1.82, 2.24) is 0 Å². The van der Waals surface area contributed by atoms with E-state index in [0.717, 1.165) is 12.8 Å². The maximum absolute atomic E-state index is 14.0. The van der Waals surface area contributed by atoms with Crippen molar-refractivity contribution >= 4 is 5.97 Å². The number of ether oxygens (including phenoxy) is 1. The van der Waals surface area contributed by atoms with Gasteiger partial charge in [-0.3, -0.25) is 4.79 Å². The average molecular weight is 407 g/mol. The van der Waals surface area contributed by atoms with Crippen LogP contribution in [0.25, 0.3) is 0 Å². The fourth-order valence-electron chi connectivity index (χ4n) is 6.32. The van der Waals surface area contributed by atoms with Gasteiger partial charge in [0.25, 0.3) is 0 Å². The van der Waals surface area contributed by atoms with Gasteiger partial charge in [0.05, 0.1) is 5.41 Å². The Hall–Kier alpha value is -0.530. The molecular formula is C27H50O2. The van der Waals surface area contributed by atoms with Crippen LogP contribution in [0.5, 0.6) is 0 Å². The van der Waals surface area contributed by atoms with E-state index >= 15 is 0 Å². The Morgan fingerprint density at radius 1 is 0.759 bits per heavy atom. The first kappa shape index (κ1) is 24.7. The summed E-state index contributed by atoms with van der Waals surface area (Å²) >= 11 is 0. The fourth-order valence-corrected chi connectivity index (χ4v) is 6.32. The Morgan fingerprint density at radius 3 is 1.48 bits per heavy atom. The predicted octanol–water partition coefficient (Wildman–Crippen LogP) is 8.33. The molecule has 0 N–H and O–H groups in total. The lowest BCUT2D eigenvalue weighted by Crippen LogP contribution is -2.54. The molecule has 2 nitrogen and oxygen atoms in total. The summed E-state index contributed by atoms with van der Waals surface area (Å²) in [5.74, 6) is 1.16. The quantitative estimate of drug-likeness (QED) is 0.414. The van der Waals surface area contributed by atoms with Crippen LogP contribution >= 0.6 is 0 Å².